The van der Waals surface area contributed by atoms with Crippen LogP contribution in [0.5, 0.6) is 0 Å². The van der Waals surface area contributed by atoms with Crippen molar-refractivity contribution in [3.8, 4) is 0 Å². The van der Waals surface area contributed by atoms with Crippen molar-refractivity contribution in [3.63, 3.8) is 0 Å². The number of cyclic esters (lactones) is 1. The number of likely N-dealkylation sites (N-methyl/N-ethyl adjacent to an activating group) is 1. The number of aliphatic hydroxyl groups is 4. The van der Waals surface area contributed by atoms with E-state index in [9.17, 15) is 25.2 Å². The van der Waals surface area contributed by atoms with E-state index in [-0.39, 0.29) is 30.9 Å². The van der Waals surface area contributed by atoms with Crippen LogP contribution >= 0.6 is 11.9 Å². The Balaban J connectivity index is 1.92. The number of rotatable bonds is 10. The summed E-state index contributed by atoms with van der Waals surface area (Å²) >= 11 is 1.27. The smallest absolute Gasteiger partial charge is 0.311 e. The molecule has 3 aliphatic heterocycles. The molecule has 3 aliphatic rings. The van der Waals surface area contributed by atoms with Gasteiger partial charge in [-0.3, -0.25) is 4.79 Å². The minimum absolute atomic E-state index is 0.145. The number of ether oxygens (including phenoxy) is 7. The third kappa shape index (κ3) is 11.3. The zero-order valence-electron chi connectivity index (χ0n) is 37.7. The molecule has 18 atom stereocenters. The Morgan fingerprint density at radius 2 is 1.51 bits per heavy atom. The molecule has 0 aliphatic carbocycles. The van der Waals surface area contributed by atoms with Gasteiger partial charge in [0.25, 0.3) is 0 Å². The third-order valence-electron chi connectivity index (χ3n) is 13.3. The summed E-state index contributed by atoms with van der Waals surface area (Å²) in [6.45, 7) is 18.1. The summed E-state index contributed by atoms with van der Waals surface area (Å²) in [6.07, 6.45) is -8.04. The SMILES string of the molecule is CCC1OC(=O)[C@H](C)C(O[C@H]2C[C@@](C)(OC)[C@@H](O)[C@H](C)O2)[C@H](C)[C@@H](O[C@@H]2O[C@H](C)C[C@H](N(C)C)[C@H]2O)[C@](C)(OC)C[C@@H](C)/C(=N\Sc2ccccc2)[C@H](C)[C@@H](O)[C@]1(C)O. The second-order valence-electron chi connectivity index (χ2n) is 18.1. The normalized spacial score (nSPS) is 45.2. The zero-order valence-corrected chi connectivity index (χ0v) is 38.5. The van der Waals surface area contributed by atoms with Crippen LogP contribution in [0.3, 0.4) is 0 Å². The largest absolute Gasteiger partial charge is 0.459 e. The van der Waals surface area contributed by atoms with E-state index in [0.29, 0.717) is 18.6 Å². The van der Waals surface area contributed by atoms with Crippen molar-refractivity contribution >= 4 is 23.6 Å². The third-order valence-corrected chi connectivity index (χ3v) is 14.1. The Hall–Kier alpha value is -1.73. The number of nitrogens with zero attached hydrogens (tertiary/aromatic N) is 2. The van der Waals surface area contributed by atoms with Gasteiger partial charge in [0.2, 0.25) is 0 Å². The highest BCUT2D eigenvalue weighted by Gasteiger charge is 2.54. The predicted octanol–water partition coefficient (Wildman–Crippen LogP) is 5.02. The van der Waals surface area contributed by atoms with Crippen molar-refractivity contribution in [1.82, 2.24) is 4.90 Å². The number of carbonyl (C=O) groups is 1. The minimum Gasteiger partial charge on any atom is -0.459 e. The van der Waals surface area contributed by atoms with Gasteiger partial charge in [-0.2, -0.15) is 0 Å². The van der Waals surface area contributed by atoms with Gasteiger partial charge in [-0.25, -0.2) is 4.40 Å². The predicted molar refractivity (Wildman–Crippen MR) is 226 cm³/mol. The summed E-state index contributed by atoms with van der Waals surface area (Å²) in [4.78, 5) is 17.3. The molecule has 2 unspecified atom stereocenters. The molecule has 0 radical (unpaired) electrons. The van der Waals surface area contributed by atoms with Gasteiger partial charge < -0.3 is 58.5 Å². The van der Waals surface area contributed by atoms with E-state index in [1.807, 2.05) is 83.9 Å². The molecule has 15 heteroatoms. The Labute approximate surface area is 356 Å². The number of hydrogen-bond donors (Lipinski definition) is 4. The van der Waals surface area contributed by atoms with Gasteiger partial charge in [0.05, 0.1) is 47.6 Å². The lowest BCUT2D eigenvalue weighted by Crippen LogP contribution is -2.61. The van der Waals surface area contributed by atoms with Crippen molar-refractivity contribution in [1.29, 1.82) is 0 Å². The van der Waals surface area contributed by atoms with E-state index in [1.54, 1.807) is 34.8 Å². The molecule has 14 nitrogen and oxygen atoms in total. The van der Waals surface area contributed by atoms with Crippen molar-refractivity contribution < 1.29 is 58.4 Å². The van der Waals surface area contributed by atoms with Gasteiger partial charge in [-0.05, 0) is 93.0 Å². The molecule has 338 valence electrons. The van der Waals surface area contributed by atoms with Gasteiger partial charge in [0.15, 0.2) is 12.6 Å². The molecule has 4 N–H and O–H groups in total. The number of esters is 1. The maximum Gasteiger partial charge on any atom is 0.311 e. The van der Waals surface area contributed by atoms with E-state index in [0.717, 1.165) is 4.90 Å². The van der Waals surface area contributed by atoms with Crippen LogP contribution in [0.15, 0.2) is 39.6 Å². The van der Waals surface area contributed by atoms with E-state index in [4.69, 9.17) is 37.6 Å². The fraction of sp³-hybridized carbons (Fsp3) is 0.818. The molecule has 1 aromatic carbocycles. The first-order valence-corrected chi connectivity index (χ1v) is 22.0. The number of aliphatic hydroxyl groups excluding tert-OH is 3. The minimum atomic E-state index is -1.88. The molecule has 3 saturated heterocycles. The lowest BCUT2D eigenvalue weighted by Gasteiger charge is -2.50. The van der Waals surface area contributed by atoms with Crippen molar-refractivity contribution in [3.05, 3.63) is 30.3 Å². The first-order chi connectivity index (χ1) is 27.5. The van der Waals surface area contributed by atoms with Crippen LogP contribution in [0.2, 0.25) is 0 Å². The lowest BCUT2D eigenvalue weighted by atomic mass is 9.73. The van der Waals surface area contributed by atoms with E-state index >= 15 is 0 Å². The first-order valence-electron chi connectivity index (χ1n) is 21.2. The molecule has 59 heavy (non-hydrogen) atoms. The van der Waals surface area contributed by atoms with Crippen LogP contribution in [-0.4, -0.2) is 150 Å². The summed E-state index contributed by atoms with van der Waals surface area (Å²) in [5.41, 5.74) is -3.46. The Kier molecular flexibility index (Phi) is 17.5. The molecule has 0 amide bonds. The van der Waals surface area contributed by atoms with Crippen LogP contribution in [0.25, 0.3) is 0 Å². The fourth-order valence-corrected chi connectivity index (χ4v) is 10.2. The second-order valence-corrected chi connectivity index (χ2v) is 19.0. The maximum atomic E-state index is 14.5. The lowest BCUT2D eigenvalue weighted by molar-refractivity contribution is -0.319. The average molecular weight is 855 g/mol. The van der Waals surface area contributed by atoms with E-state index in [1.165, 1.54) is 26.0 Å². The molecule has 0 bridgehead atoms. The molecular weight excluding hydrogens is 781 g/mol. The van der Waals surface area contributed by atoms with Gasteiger partial charge in [0.1, 0.15) is 23.9 Å². The molecule has 0 aromatic heterocycles. The molecule has 3 fully saturated rings. The highest BCUT2D eigenvalue weighted by Crippen LogP contribution is 2.42. The Morgan fingerprint density at radius 1 is 0.881 bits per heavy atom. The summed E-state index contributed by atoms with van der Waals surface area (Å²) in [6, 6.07) is 9.40. The van der Waals surface area contributed by atoms with Crippen molar-refractivity contribution in [2.45, 2.75) is 184 Å². The number of benzene rings is 1. The quantitative estimate of drug-likeness (QED) is 0.182. The summed E-state index contributed by atoms with van der Waals surface area (Å²) in [7, 11) is 6.94. The van der Waals surface area contributed by atoms with Gasteiger partial charge in [0, 0.05) is 61.1 Å². The molecule has 0 spiro atoms. The van der Waals surface area contributed by atoms with E-state index < -0.39 is 95.8 Å². The standard InChI is InChI=1S/C44H74N2O12S/c1-15-32-44(10,51)37(48)26(4)34(45-59-30-19-17-16-18-20-30)24(2)22-43(9,53-14)39(58-41-35(47)31(46(11)12)21-25(3)54-41)27(5)36(28(6)40(50)56-32)57-33-23-42(8,52-13)38(49)29(7)55-33/h16-20,24-29,31-33,35-39,41,47-49,51H,15,21-23H2,1-14H3/b45-34+/t24-,25-,26+,27+,28-,29+,31+,32?,33+,35-,36?,37-,38+,39-,41+,42-,43-,44-/m1/s1. The van der Waals surface area contributed by atoms with Gasteiger partial charge >= 0.3 is 5.97 Å². The zero-order chi connectivity index (χ0) is 44.2. The molecule has 4 rings (SSSR count). The van der Waals surface area contributed by atoms with E-state index in [2.05, 4.69) is 0 Å². The van der Waals surface area contributed by atoms with Crippen LogP contribution in [0.1, 0.15) is 94.9 Å². The van der Waals surface area contributed by atoms with Crippen LogP contribution < -0.4 is 0 Å². The number of methoxy groups -OCH3 is 2. The van der Waals surface area contributed by atoms with Gasteiger partial charge in [-0.1, -0.05) is 45.9 Å². The molecule has 3 heterocycles. The monoisotopic (exact) mass is 854 g/mol. The summed E-state index contributed by atoms with van der Waals surface area (Å²) in [5.74, 6) is -3.39. The second kappa shape index (κ2) is 20.6. The average Bonchev–Trinajstić information content (AvgIpc) is 3.19. The summed E-state index contributed by atoms with van der Waals surface area (Å²) < 4.78 is 50.0. The highest BCUT2D eigenvalue weighted by atomic mass is 32.2. The van der Waals surface area contributed by atoms with Crippen molar-refractivity contribution in [2.75, 3.05) is 28.3 Å². The Bertz CT molecular complexity index is 1520. The van der Waals surface area contributed by atoms with Crippen LogP contribution in [-0.2, 0) is 38.0 Å². The van der Waals surface area contributed by atoms with Gasteiger partial charge in [-0.15, -0.1) is 0 Å². The molecule has 0 saturated carbocycles. The highest BCUT2D eigenvalue weighted by molar-refractivity contribution is 7.98. The number of hydrogen-bond acceptors (Lipinski definition) is 15. The molecule has 1 aromatic rings. The first kappa shape index (κ1) is 49.9. The Morgan fingerprint density at radius 3 is 2.08 bits per heavy atom. The van der Waals surface area contributed by atoms with Crippen molar-refractivity contribution in [2.24, 2.45) is 28.1 Å². The topological polar surface area (TPSA) is 178 Å². The number of carbonyl (C=O) groups excluding carboxylic acids is 1. The fourth-order valence-electron chi connectivity index (χ4n) is 9.35. The molecular formula is C44H74N2O12S. The summed E-state index contributed by atoms with van der Waals surface area (Å²) in [5, 5.41) is 47.0. The maximum absolute atomic E-state index is 14.5. The van der Waals surface area contributed by atoms with Crippen LogP contribution in [0, 0.1) is 23.7 Å². The van der Waals surface area contributed by atoms with Crippen LogP contribution in [0.4, 0.5) is 0 Å².